The summed E-state index contributed by atoms with van der Waals surface area (Å²) in [6.07, 6.45) is 16.4. The molecule has 4 atom stereocenters. The van der Waals surface area contributed by atoms with Crippen molar-refractivity contribution in [3.63, 3.8) is 0 Å². The van der Waals surface area contributed by atoms with Crippen molar-refractivity contribution in [3.05, 3.63) is 34.9 Å². The van der Waals surface area contributed by atoms with Gasteiger partial charge in [-0.3, -0.25) is 0 Å². The Balaban J connectivity index is -0.000000654. The fourth-order valence-corrected chi connectivity index (χ4v) is 9.72. The number of hydrogen-bond donors (Lipinski definition) is 0. The van der Waals surface area contributed by atoms with Gasteiger partial charge < -0.3 is 4.74 Å². The molecule has 0 N–H and O–H groups in total. The van der Waals surface area contributed by atoms with Crippen LogP contribution in [0.5, 0.6) is 0 Å². The van der Waals surface area contributed by atoms with E-state index in [0.717, 1.165) is 110 Å². The lowest BCUT2D eigenvalue weighted by Gasteiger charge is -2.45. The maximum Gasteiger partial charge on any atom is 0.0682 e. The summed E-state index contributed by atoms with van der Waals surface area (Å²) in [5.74, 6) is 11.2. The van der Waals surface area contributed by atoms with E-state index >= 15 is 0 Å². The van der Waals surface area contributed by atoms with Crippen molar-refractivity contribution in [2.24, 2.45) is 71.0 Å². The lowest BCUT2D eigenvalue weighted by atomic mass is 9.60. The van der Waals surface area contributed by atoms with Gasteiger partial charge in [-0.2, -0.15) is 0 Å². The highest BCUT2D eigenvalue weighted by Gasteiger charge is 2.38. The molecule has 0 amide bonds. The molecule has 2 saturated carbocycles. The maximum atomic E-state index is 6.52. The van der Waals surface area contributed by atoms with Gasteiger partial charge in [0.05, 0.1) is 11.2 Å². The number of hydrogen-bond acceptors (Lipinski definition) is 1. The zero-order valence-electron chi connectivity index (χ0n) is 45.8. The van der Waals surface area contributed by atoms with Crippen molar-refractivity contribution in [3.8, 4) is 0 Å². The molecule has 0 heterocycles. The molecule has 1 aromatic rings. The second-order valence-electron chi connectivity index (χ2n) is 20.8. The molecule has 0 aromatic heterocycles. The SMILES string of the molecule is CC1C(C)C(C)C(C)C(C)C1C.CC1CC(C)C(C)CC1C.CCC(C)CC.CCC(CC)(CC)OC(CC)(CC)CC.CCC(CC)CC.Cc1cc(C)cc(C)c1. The van der Waals surface area contributed by atoms with Crippen molar-refractivity contribution in [2.45, 2.75) is 268 Å². The van der Waals surface area contributed by atoms with E-state index in [0.29, 0.717) is 0 Å². The molecule has 59 heavy (non-hydrogen) atoms. The van der Waals surface area contributed by atoms with Crippen LogP contribution in [0.15, 0.2) is 18.2 Å². The van der Waals surface area contributed by atoms with E-state index in [-0.39, 0.29) is 11.2 Å². The Bertz CT molecular complexity index is 912. The molecule has 1 aromatic carbocycles. The molecule has 0 bridgehead atoms. The van der Waals surface area contributed by atoms with Gasteiger partial charge in [0.2, 0.25) is 0 Å². The molecular formula is C58H116O. The van der Waals surface area contributed by atoms with E-state index in [4.69, 9.17) is 4.74 Å². The molecule has 0 saturated heterocycles. The number of rotatable bonds is 13. The Labute approximate surface area is 377 Å². The van der Waals surface area contributed by atoms with E-state index in [1.807, 2.05) is 0 Å². The molecule has 4 unspecified atom stereocenters. The molecule has 1 heteroatoms. The van der Waals surface area contributed by atoms with Crippen LogP contribution in [0.3, 0.4) is 0 Å². The lowest BCUT2D eigenvalue weighted by molar-refractivity contribution is -0.168. The van der Waals surface area contributed by atoms with Crippen molar-refractivity contribution >= 4 is 0 Å². The van der Waals surface area contributed by atoms with Gasteiger partial charge in [-0.1, -0.05) is 219 Å². The fourth-order valence-electron chi connectivity index (χ4n) is 9.72. The Hall–Kier alpha value is -0.820. The van der Waals surface area contributed by atoms with E-state index in [9.17, 15) is 0 Å². The number of benzene rings is 1. The van der Waals surface area contributed by atoms with Gasteiger partial charge in [-0.15, -0.1) is 0 Å². The summed E-state index contributed by atoms with van der Waals surface area (Å²) in [4.78, 5) is 0. The van der Waals surface area contributed by atoms with Crippen LogP contribution in [0.25, 0.3) is 0 Å². The maximum absolute atomic E-state index is 6.52. The Kier molecular flexibility index (Phi) is 35.7. The second kappa shape index (κ2) is 33.7. The zero-order chi connectivity index (χ0) is 46.7. The molecular weight excluding hydrogens is 713 g/mol. The van der Waals surface area contributed by atoms with Crippen LogP contribution in [0, 0.1) is 91.8 Å². The summed E-state index contributed by atoms with van der Waals surface area (Å²) < 4.78 is 6.52. The van der Waals surface area contributed by atoms with Gasteiger partial charge in [-0.25, -0.2) is 0 Å². The van der Waals surface area contributed by atoms with Crippen molar-refractivity contribution < 1.29 is 4.74 Å². The summed E-state index contributed by atoms with van der Waals surface area (Å²) >= 11 is 0. The summed E-state index contributed by atoms with van der Waals surface area (Å²) in [7, 11) is 0. The first-order valence-electron chi connectivity index (χ1n) is 26.2. The first kappa shape index (κ1) is 62.5. The van der Waals surface area contributed by atoms with Crippen molar-refractivity contribution in [2.75, 3.05) is 0 Å². The molecule has 0 spiro atoms. The Morgan fingerprint density at radius 2 is 0.610 bits per heavy atom. The van der Waals surface area contributed by atoms with Crippen LogP contribution < -0.4 is 0 Å². The quantitative estimate of drug-likeness (QED) is 0.192. The third-order valence-corrected chi connectivity index (χ3v) is 17.2. The third-order valence-electron chi connectivity index (χ3n) is 17.2. The first-order chi connectivity index (χ1) is 27.5. The van der Waals surface area contributed by atoms with Gasteiger partial charge in [0.25, 0.3) is 0 Å². The summed E-state index contributed by atoms with van der Waals surface area (Å²) in [6, 6.07) is 6.56. The molecule has 1 nitrogen and oxygen atoms in total. The van der Waals surface area contributed by atoms with E-state index in [2.05, 4.69) is 191 Å². The summed E-state index contributed by atoms with van der Waals surface area (Å²) in [5, 5.41) is 0. The first-order valence-corrected chi connectivity index (χ1v) is 26.2. The van der Waals surface area contributed by atoms with Gasteiger partial charge in [-0.05, 0) is 143 Å². The number of ether oxygens (including phenoxy) is 1. The molecule has 2 fully saturated rings. The molecule has 2 aliphatic carbocycles. The minimum atomic E-state index is 0.113. The average Bonchev–Trinajstić information content (AvgIpc) is 3.23. The summed E-state index contributed by atoms with van der Waals surface area (Å²) in [6.45, 7) is 57.5. The molecule has 354 valence electrons. The normalized spacial score (nSPS) is 26.7. The van der Waals surface area contributed by atoms with Gasteiger partial charge in [0.1, 0.15) is 0 Å². The third kappa shape index (κ3) is 24.0. The Morgan fingerprint density at radius 1 is 0.407 bits per heavy atom. The largest absolute Gasteiger partial charge is 0.369 e. The summed E-state index contributed by atoms with van der Waals surface area (Å²) in [5.41, 5.74) is 4.29. The predicted octanol–water partition coefficient (Wildman–Crippen LogP) is 20.0. The highest BCUT2D eigenvalue weighted by molar-refractivity contribution is 5.27. The predicted molar refractivity (Wildman–Crippen MR) is 274 cm³/mol. The Morgan fingerprint density at radius 3 is 0.729 bits per heavy atom. The van der Waals surface area contributed by atoms with E-state index in [1.54, 1.807) is 0 Å². The van der Waals surface area contributed by atoms with Gasteiger partial charge >= 0.3 is 0 Å². The molecule has 3 rings (SSSR count). The smallest absolute Gasteiger partial charge is 0.0682 e. The standard InChI is InChI=1S/C14H30O.C12H24.C10H20.C9H12.C7H16.C6H14/c1-7-13(8-2,9-3)15-14(10-4,11-5)12-6;1-7-8(2)10(4)12(6)11(5)9(7)3;1-7-5-9(3)10(4)6-8(7)2;1-7-4-8(2)6-9(3)5-7;1-4-7(5-2)6-3;1-4-6(3)5-2/h7-12H2,1-6H3;7-12H,1-6H3;7-10H,5-6H2,1-4H3;4-6H,1-3H3;7H,4-6H2,1-3H3;6H,4-5H2,1-3H3. The van der Waals surface area contributed by atoms with Crippen LogP contribution in [-0.2, 0) is 4.74 Å². The number of aryl methyl sites for hydroxylation is 3. The average molecular weight is 830 g/mol. The molecule has 0 aliphatic heterocycles. The lowest BCUT2D eigenvalue weighted by Crippen LogP contribution is -2.43. The van der Waals surface area contributed by atoms with E-state index in [1.165, 1.54) is 61.6 Å². The highest BCUT2D eigenvalue weighted by atomic mass is 16.5. The molecule has 2 aliphatic rings. The van der Waals surface area contributed by atoms with Crippen LogP contribution in [0.2, 0.25) is 0 Å². The minimum absolute atomic E-state index is 0.113. The van der Waals surface area contributed by atoms with Gasteiger partial charge in [0, 0.05) is 0 Å². The molecule has 0 radical (unpaired) electrons. The van der Waals surface area contributed by atoms with Crippen LogP contribution in [-0.4, -0.2) is 11.2 Å². The van der Waals surface area contributed by atoms with Crippen LogP contribution >= 0.6 is 0 Å². The monoisotopic (exact) mass is 829 g/mol. The minimum Gasteiger partial charge on any atom is -0.369 e. The van der Waals surface area contributed by atoms with E-state index < -0.39 is 0 Å². The van der Waals surface area contributed by atoms with Crippen molar-refractivity contribution in [1.29, 1.82) is 0 Å². The van der Waals surface area contributed by atoms with Crippen molar-refractivity contribution in [1.82, 2.24) is 0 Å². The zero-order valence-corrected chi connectivity index (χ0v) is 45.8. The second-order valence-corrected chi connectivity index (χ2v) is 20.8. The topological polar surface area (TPSA) is 9.23 Å². The van der Waals surface area contributed by atoms with Crippen LogP contribution in [0.4, 0.5) is 0 Å². The fraction of sp³-hybridized carbons (Fsp3) is 0.897. The van der Waals surface area contributed by atoms with Crippen LogP contribution in [0.1, 0.15) is 252 Å². The van der Waals surface area contributed by atoms with Gasteiger partial charge in [0.15, 0.2) is 0 Å². The highest BCUT2D eigenvalue weighted by Crippen LogP contribution is 2.45.